The van der Waals surface area contributed by atoms with Gasteiger partial charge in [-0.2, -0.15) is 14.5 Å². The van der Waals surface area contributed by atoms with Crippen LogP contribution in [0.25, 0.3) is 0 Å². The molecular formula is C36H52N8O6S2. The fourth-order valence-electron chi connectivity index (χ4n) is 6.68. The highest BCUT2D eigenvalue weighted by Gasteiger charge is 2.33. The molecule has 52 heavy (non-hydrogen) atoms. The molecule has 0 radical (unpaired) electrons. The summed E-state index contributed by atoms with van der Waals surface area (Å²) in [5, 5.41) is 13.5. The summed E-state index contributed by atoms with van der Waals surface area (Å²) in [6.45, 7) is 13.1. The predicted molar refractivity (Wildman–Crippen MR) is 199 cm³/mol. The molecule has 6 rings (SSSR count). The minimum atomic E-state index is -3.87. The van der Waals surface area contributed by atoms with Crippen molar-refractivity contribution in [2.24, 2.45) is 31.1 Å². The van der Waals surface area contributed by atoms with Crippen LogP contribution < -0.4 is 14.6 Å². The van der Waals surface area contributed by atoms with Gasteiger partial charge in [-0.25, -0.2) is 22.0 Å². The van der Waals surface area contributed by atoms with Gasteiger partial charge in [0.15, 0.2) is 10.1 Å². The normalized spacial score (nSPS) is 17.2. The van der Waals surface area contributed by atoms with Crippen LogP contribution >= 0.6 is 0 Å². The quantitative estimate of drug-likeness (QED) is 0.212. The molecule has 0 spiro atoms. The van der Waals surface area contributed by atoms with E-state index in [0.29, 0.717) is 11.8 Å². The summed E-state index contributed by atoms with van der Waals surface area (Å²) in [6, 6.07) is 18.4. The summed E-state index contributed by atoms with van der Waals surface area (Å²) >= 11 is 0. The number of aryl methyl sites for hydroxylation is 2. The fourth-order valence-corrected chi connectivity index (χ4v) is 8.60. The van der Waals surface area contributed by atoms with Gasteiger partial charge in [0.25, 0.3) is 20.0 Å². The number of primary sulfonamides is 1. The first kappa shape index (κ1) is 39.4. The maximum absolute atomic E-state index is 13.9. The minimum Gasteiger partial charge on any atom is -0.497 e. The zero-order valence-corrected chi connectivity index (χ0v) is 32.9. The second-order valence-corrected chi connectivity index (χ2v) is 17.4. The standard InChI is InChI=1S/C26H34N4O4S.C10H18N4O2S/c1-19-15-29(16-19)20(2)25-14-26(27-28(25)3)35(31,32)30(17-21-6-10-23(33-4)11-7-21)18-22-8-12-24(34-5)13-9-22;1-7-5-14(6-7)8(2)9-4-10(12-13(9)3)17(11,15)16/h6-14,19-20H,15-18H2,1-5H3;4,7-8H,5-6H2,1-3H3,(H2,11,15,16). The van der Waals surface area contributed by atoms with Crippen molar-refractivity contribution in [2.45, 2.75) is 62.9 Å². The van der Waals surface area contributed by atoms with Crippen molar-refractivity contribution in [3.8, 4) is 11.5 Å². The number of rotatable bonds is 13. The summed E-state index contributed by atoms with van der Waals surface area (Å²) in [5.74, 6) is 2.82. The molecular weight excluding hydrogens is 705 g/mol. The number of hydrogen-bond acceptors (Lipinski definition) is 10. The van der Waals surface area contributed by atoms with Crippen LogP contribution in [0.1, 0.15) is 62.3 Å². The molecule has 2 unspecified atom stereocenters. The highest BCUT2D eigenvalue weighted by Crippen LogP contribution is 2.31. The van der Waals surface area contributed by atoms with E-state index in [1.54, 1.807) is 42.8 Å². The van der Waals surface area contributed by atoms with Gasteiger partial charge in [0.1, 0.15) is 11.5 Å². The van der Waals surface area contributed by atoms with Crippen molar-refractivity contribution in [1.29, 1.82) is 0 Å². The largest absolute Gasteiger partial charge is 0.497 e. The number of sulfonamides is 2. The summed E-state index contributed by atoms with van der Waals surface area (Å²) in [4.78, 5) is 4.62. The third kappa shape index (κ3) is 9.04. The topological polar surface area (TPSA) is 158 Å². The molecule has 0 bridgehead atoms. The van der Waals surface area contributed by atoms with Crippen LogP contribution in [0.2, 0.25) is 0 Å². The third-order valence-corrected chi connectivity index (χ3v) is 12.3. The average Bonchev–Trinajstić information content (AvgIpc) is 3.68. The highest BCUT2D eigenvalue weighted by molar-refractivity contribution is 7.89. The van der Waals surface area contributed by atoms with Crippen LogP contribution in [-0.2, 0) is 47.2 Å². The van der Waals surface area contributed by atoms with Crippen molar-refractivity contribution in [3.63, 3.8) is 0 Å². The number of ether oxygens (including phenoxy) is 2. The third-order valence-electron chi connectivity index (χ3n) is 9.86. The molecule has 2 N–H and O–H groups in total. The van der Waals surface area contributed by atoms with Crippen LogP contribution in [0.15, 0.2) is 70.7 Å². The Balaban J connectivity index is 0.000000257. The number of aromatic nitrogens is 4. The Labute approximate surface area is 308 Å². The van der Waals surface area contributed by atoms with E-state index in [1.165, 1.54) is 4.31 Å². The minimum absolute atomic E-state index is 0.0598. The van der Waals surface area contributed by atoms with Crippen LogP contribution in [0.5, 0.6) is 11.5 Å². The Bertz CT molecular complexity index is 1970. The van der Waals surface area contributed by atoms with Gasteiger partial charge in [0.2, 0.25) is 0 Å². The van der Waals surface area contributed by atoms with Crippen molar-refractivity contribution < 1.29 is 26.3 Å². The van der Waals surface area contributed by atoms with Crippen LogP contribution in [0.3, 0.4) is 0 Å². The van der Waals surface area contributed by atoms with Crippen LogP contribution in [-0.4, -0.2) is 90.9 Å². The number of likely N-dealkylation sites (tertiary alicyclic amines) is 2. The molecule has 2 aliphatic rings. The van der Waals surface area contributed by atoms with Crippen molar-refractivity contribution in [2.75, 3.05) is 40.4 Å². The molecule has 0 aliphatic carbocycles. The number of nitrogens with two attached hydrogens (primary N) is 1. The van der Waals surface area contributed by atoms with E-state index in [-0.39, 0.29) is 35.2 Å². The Hall–Kier alpha value is -3.80. The molecule has 284 valence electrons. The van der Waals surface area contributed by atoms with Crippen molar-refractivity contribution in [3.05, 3.63) is 83.2 Å². The number of benzene rings is 2. The lowest BCUT2D eigenvalue weighted by Gasteiger charge is -2.41. The molecule has 4 heterocycles. The number of methoxy groups -OCH3 is 2. The van der Waals surface area contributed by atoms with Gasteiger partial charge in [0, 0.05) is 77.6 Å². The fraction of sp³-hybridized carbons (Fsp3) is 0.500. The van der Waals surface area contributed by atoms with Crippen LogP contribution in [0.4, 0.5) is 0 Å². The first-order chi connectivity index (χ1) is 24.5. The van der Waals surface area contributed by atoms with E-state index in [0.717, 1.165) is 60.2 Å². The van der Waals surface area contributed by atoms with Gasteiger partial charge in [-0.1, -0.05) is 38.1 Å². The molecule has 16 heteroatoms. The molecule has 2 fully saturated rings. The predicted octanol–water partition coefficient (Wildman–Crippen LogP) is 3.92. The average molecular weight is 757 g/mol. The molecule has 2 saturated heterocycles. The molecule has 2 aliphatic heterocycles. The zero-order valence-electron chi connectivity index (χ0n) is 31.3. The molecule has 0 saturated carbocycles. The molecule has 0 amide bonds. The number of hydrogen-bond donors (Lipinski definition) is 1. The first-order valence-electron chi connectivity index (χ1n) is 17.3. The van der Waals surface area contributed by atoms with E-state index in [1.807, 2.05) is 55.6 Å². The lowest BCUT2D eigenvalue weighted by molar-refractivity contribution is 0.0666. The van der Waals surface area contributed by atoms with Crippen LogP contribution in [0, 0.1) is 11.8 Å². The van der Waals surface area contributed by atoms with Gasteiger partial charge in [0.05, 0.1) is 25.6 Å². The summed E-state index contributed by atoms with van der Waals surface area (Å²) < 4.78 is 65.4. The highest BCUT2D eigenvalue weighted by atomic mass is 32.2. The lowest BCUT2D eigenvalue weighted by atomic mass is 9.99. The zero-order chi connectivity index (χ0) is 38.0. The summed E-state index contributed by atoms with van der Waals surface area (Å²) in [7, 11) is -0.818. The second kappa shape index (κ2) is 16.1. The van der Waals surface area contributed by atoms with Gasteiger partial charge in [-0.3, -0.25) is 19.2 Å². The smallest absolute Gasteiger partial charge is 0.263 e. The maximum Gasteiger partial charge on any atom is 0.263 e. The van der Waals surface area contributed by atoms with E-state index in [2.05, 4.69) is 47.7 Å². The summed E-state index contributed by atoms with van der Waals surface area (Å²) in [5.41, 5.74) is 3.49. The Morgan fingerprint density at radius 2 is 1.08 bits per heavy atom. The molecule has 2 atom stereocenters. The second-order valence-electron chi connectivity index (χ2n) is 14.0. The van der Waals surface area contributed by atoms with Gasteiger partial charge < -0.3 is 9.47 Å². The Morgan fingerprint density at radius 1 is 0.712 bits per heavy atom. The monoisotopic (exact) mass is 756 g/mol. The molecule has 4 aromatic rings. The Kier molecular flexibility index (Phi) is 12.2. The van der Waals surface area contributed by atoms with Crippen molar-refractivity contribution in [1.82, 2.24) is 33.7 Å². The SMILES string of the molecule is CC1CN(C(C)c2cc(S(N)(=O)=O)nn2C)C1.COc1ccc(CN(Cc2ccc(OC)cc2)S(=O)(=O)c2cc(C(C)N3CC(C)C3)n(C)n2)cc1. The van der Waals surface area contributed by atoms with Gasteiger partial charge in [-0.05, 0) is 61.1 Å². The van der Waals surface area contributed by atoms with Crippen molar-refractivity contribution >= 4 is 20.0 Å². The van der Waals surface area contributed by atoms with Gasteiger partial charge >= 0.3 is 0 Å². The molecule has 14 nitrogen and oxygen atoms in total. The first-order valence-corrected chi connectivity index (χ1v) is 20.3. The number of nitrogens with zero attached hydrogens (tertiary/aromatic N) is 7. The van der Waals surface area contributed by atoms with E-state index < -0.39 is 20.0 Å². The van der Waals surface area contributed by atoms with E-state index >= 15 is 0 Å². The molecule has 2 aromatic heterocycles. The Morgan fingerprint density at radius 3 is 1.40 bits per heavy atom. The van der Waals surface area contributed by atoms with Gasteiger partial charge in [-0.15, -0.1) is 0 Å². The molecule has 2 aromatic carbocycles. The maximum atomic E-state index is 13.9. The summed E-state index contributed by atoms with van der Waals surface area (Å²) in [6.07, 6.45) is 0. The lowest BCUT2D eigenvalue weighted by Crippen LogP contribution is -2.46. The van der Waals surface area contributed by atoms with E-state index in [4.69, 9.17) is 14.6 Å². The van der Waals surface area contributed by atoms with E-state index in [9.17, 15) is 16.8 Å².